The highest BCUT2D eigenvalue weighted by molar-refractivity contribution is 7.93. The molecule has 1 saturated carbocycles. The first kappa shape index (κ1) is 14.3. The largest absolute Gasteiger partial charge is 0.389 e. The van der Waals surface area contributed by atoms with E-state index in [1.54, 1.807) is 31.3 Å². The Hall–Kier alpha value is -1.14. The summed E-state index contributed by atoms with van der Waals surface area (Å²) >= 11 is 4.98. The average Bonchev–Trinajstić information content (AvgIpc) is 2.92. The third-order valence-corrected chi connectivity index (χ3v) is 6.11. The second kappa shape index (κ2) is 5.46. The molecule has 0 aromatic heterocycles. The van der Waals surface area contributed by atoms with E-state index in [9.17, 15) is 8.42 Å². The van der Waals surface area contributed by atoms with Crippen LogP contribution in [0.1, 0.15) is 31.2 Å². The van der Waals surface area contributed by atoms with Crippen LogP contribution in [0.5, 0.6) is 0 Å². The van der Waals surface area contributed by atoms with Crippen molar-refractivity contribution in [2.75, 3.05) is 11.4 Å². The van der Waals surface area contributed by atoms with Crippen LogP contribution in [0.4, 0.5) is 5.69 Å². The SMILES string of the molecule is CN(c1ccccc1C(N)=S)S(=O)(=O)C1CCCC1. The molecule has 0 unspecified atom stereocenters. The maximum absolute atomic E-state index is 12.5. The molecule has 104 valence electrons. The normalized spacial score (nSPS) is 16.5. The van der Waals surface area contributed by atoms with E-state index in [0.29, 0.717) is 11.3 Å². The molecule has 1 aromatic rings. The monoisotopic (exact) mass is 298 g/mol. The number of hydrogen-bond acceptors (Lipinski definition) is 3. The Bertz CT molecular complexity index is 578. The van der Waals surface area contributed by atoms with Gasteiger partial charge in [-0.25, -0.2) is 8.42 Å². The molecule has 1 fully saturated rings. The smallest absolute Gasteiger partial charge is 0.237 e. The van der Waals surface area contributed by atoms with Crippen LogP contribution < -0.4 is 10.0 Å². The number of nitrogens with two attached hydrogens (primary N) is 1. The fourth-order valence-corrected chi connectivity index (χ4v) is 4.49. The zero-order chi connectivity index (χ0) is 14.0. The van der Waals surface area contributed by atoms with Crippen molar-refractivity contribution in [3.63, 3.8) is 0 Å². The van der Waals surface area contributed by atoms with Gasteiger partial charge in [0.15, 0.2) is 0 Å². The molecule has 0 amide bonds. The Morgan fingerprint density at radius 2 is 1.89 bits per heavy atom. The molecule has 0 aliphatic heterocycles. The molecule has 0 saturated heterocycles. The summed E-state index contributed by atoms with van der Waals surface area (Å²) in [6.45, 7) is 0. The van der Waals surface area contributed by atoms with Crippen LogP contribution in [0.2, 0.25) is 0 Å². The number of anilines is 1. The van der Waals surface area contributed by atoms with Crippen molar-refractivity contribution in [1.82, 2.24) is 0 Å². The first-order valence-electron chi connectivity index (χ1n) is 6.31. The van der Waals surface area contributed by atoms with E-state index in [-0.39, 0.29) is 10.2 Å². The van der Waals surface area contributed by atoms with Gasteiger partial charge in [-0.05, 0) is 25.0 Å². The summed E-state index contributed by atoms with van der Waals surface area (Å²) < 4.78 is 26.4. The summed E-state index contributed by atoms with van der Waals surface area (Å²) in [6.07, 6.45) is 3.44. The van der Waals surface area contributed by atoms with E-state index in [1.165, 1.54) is 4.31 Å². The molecule has 6 heteroatoms. The standard InChI is InChI=1S/C13H18N2O2S2/c1-15(19(16,17)10-6-2-3-7-10)12-9-5-4-8-11(12)13(14)18/h4-5,8-10H,2-3,6-7H2,1H3,(H2,14,18). The predicted octanol–water partition coefficient (Wildman–Crippen LogP) is 2.03. The summed E-state index contributed by atoms with van der Waals surface area (Å²) in [4.78, 5) is 0.212. The molecule has 0 bridgehead atoms. The molecule has 1 aromatic carbocycles. The van der Waals surface area contributed by atoms with Crippen molar-refractivity contribution < 1.29 is 8.42 Å². The number of thiocarbonyl (C=S) groups is 1. The summed E-state index contributed by atoms with van der Waals surface area (Å²) in [7, 11) is -1.76. The molecular weight excluding hydrogens is 280 g/mol. The molecule has 1 aliphatic carbocycles. The van der Waals surface area contributed by atoms with Gasteiger partial charge in [0.1, 0.15) is 4.99 Å². The lowest BCUT2D eigenvalue weighted by Crippen LogP contribution is -2.35. The Morgan fingerprint density at radius 3 is 2.47 bits per heavy atom. The summed E-state index contributed by atoms with van der Waals surface area (Å²) in [5.41, 5.74) is 6.82. The lowest BCUT2D eigenvalue weighted by Gasteiger charge is -2.25. The Kier molecular flexibility index (Phi) is 4.10. The van der Waals surface area contributed by atoms with Crippen molar-refractivity contribution in [2.45, 2.75) is 30.9 Å². The molecule has 0 heterocycles. The predicted molar refractivity (Wildman–Crippen MR) is 81.9 cm³/mol. The van der Waals surface area contributed by atoms with Gasteiger partial charge in [0.2, 0.25) is 10.0 Å². The third-order valence-electron chi connectivity index (χ3n) is 3.61. The van der Waals surface area contributed by atoms with Crippen LogP contribution in [0.15, 0.2) is 24.3 Å². The van der Waals surface area contributed by atoms with Gasteiger partial charge in [-0.3, -0.25) is 4.31 Å². The van der Waals surface area contributed by atoms with Gasteiger partial charge in [-0.2, -0.15) is 0 Å². The molecule has 4 nitrogen and oxygen atoms in total. The highest BCUT2D eigenvalue weighted by Crippen LogP contribution is 2.30. The minimum atomic E-state index is -3.33. The number of para-hydroxylation sites is 1. The van der Waals surface area contributed by atoms with Crippen molar-refractivity contribution >= 4 is 32.9 Å². The van der Waals surface area contributed by atoms with Gasteiger partial charge in [-0.15, -0.1) is 0 Å². The van der Waals surface area contributed by atoms with Crippen molar-refractivity contribution in [2.24, 2.45) is 5.73 Å². The molecular formula is C13H18N2O2S2. The lowest BCUT2D eigenvalue weighted by molar-refractivity contribution is 0.578. The molecule has 1 aliphatic rings. The quantitative estimate of drug-likeness (QED) is 0.864. The molecule has 2 rings (SSSR count). The lowest BCUT2D eigenvalue weighted by atomic mass is 10.2. The van der Waals surface area contributed by atoms with Gasteiger partial charge in [-0.1, -0.05) is 37.2 Å². The van der Waals surface area contributed by atoms with Gasteiger partial charge < -0.3 is 5.73 Å². The number of hydrogen-bond donors (Lipinski definition) is 1. The highest BCUT2D eigenvalue weighted by atomic mass is 32.2. The number of nitrogens with zero attached hydrogens (tertiary/aromatic N) is 1. The summed E-state index contributed by atoms with van der Waals surface area (Å²) in [6, 6.07) is 7.07. The Labute approximate surface area is 119 Å². The van der Waals surface area contributed by atoms with Gasteiger partial charge >= 0.3 is 0 Å². The van der Waals surface area contributed by atoms with Crippen LogP contribution in [-0.4, -0.2) is 25.7 Å². The van der Waals surface area contributed by atoms with Crippen molar-refractivity contribution in [3.8, 4) is 0 Å². The molecule has 0 atom stereocenters. The minimum absolute atomic E-state index is 0.212. The first-order chi connectivity index (χ1) is 8.94. The molecule has 19 heavy (non-hydrogen) atoms. The zero-order valence-electron chi connectivity index (χ0n) is 10.9. The topological polar surface area (TPSA) is 63.4 Å². The van der Waals surface area contributed by atoms with E-state index in [1.807, 2.05) is 0 Å². The minimum Gasteiger partial charge on any atom is -0.389 e. The van der Waals surface area contributed by atoms with Crippen molar-refractivity contribution in [3.05, 3.63) is 29.8 Å². The van der Waals surface area contributed by atoms with Crippen LogP contribution >= 0.6 is 12.2 Å². The molecule has 2 N–H and O–H groups in total. The number of rotatable bonds is 4. The van der Waals surface area contributed by atoms with E-state index in [2.05, 4.69) is 0 Å². The second-order valence-corrected chi connectivity index (χ2v) is 7.48. The van der Waals surface area contributed by atoms with E-state index in [4.69, 9.17) is 18.0 Å². The van der Waals surface area contributed by atoms with Crippen LogP contribution in [-0.2, 0) is 10.0 Å². The van der Waals surface area contributed by atoms with Crippen LogP contribution in [0.25, 0.3) is 0 Å². The first-order valence-corrected chi connectivity index (χ1v) is 8.22. The van der Waals surface area contributed by atoms with Crippen LogP contribution in [0, 0.1) is 0 Å². The Balaban J connectivity index is 2.39. The fourth-order valence-electron chi connectivity index (χ4n) is 2.50. The maximum Gasteiger partial charge on any atom is 0.237 e. The highest BCUT2D eigenvalue weighted by Gasteiger charge is 2.33. The number of sulfonamides is 1. The summed E-state index contributed by atoms with van der Waals surface area (Å²) in [5, 5.41) is -0.281. The second-order valence-electron chi connectivity index (χ2n) is 4.80. The third kappa shape index (κ3) is 2.74. The van der Waals surface area contributed by atoms with E-state index < -0.39 is 10.0 Å². The zero-order valence-corrected chi connectivity index (χ0v) is 12.5. The van der Waals surface area contributed by atoms with Crippen LogP contribution in [0.3, 0.4) is 0 Å². The van der Waals surface area contributed by atoms with E-state index in [0.717, 1.165) is 25.7 Å². The van der Waals surface area contributed by atoms with Crippen molar-refractivity contribution in [1.29, 1.82) is 0 Å². The maximum atomic E-state index is 12.5. The van der Waals surface area contributed by atoms with Gasteiger partial charge in [0, 0.05) is 12.6 Å². The Morgan fingerprint density at radius 1 is 1.32 bits per heavy atom. The van der Waals surface area contributed by atoms with E-state index >= 15 is 0 Å². The average molecular weight is 298 g/mol. The molecule has 0 radical (unpaired) electrons. The van der Waals surface area contributed by atoms with Gasteiger partial charge in [0.05, 0.1) is 10.9 Å². The number of benzene rings is 1. The fraction of sp³-hybridized carbons (Fsp3) is 0.462. The van der Waals surface area contributed by atoms with Gasteiger partial charge in [0.25, 0.3) is 0 Å². The summed E-state index contributed by atoms with van der Waals surface area (Å²) in [5.74, 6) is 0. The molecule has 0 spiro atoms.